The molecule has 3 heteroatoms. The van der Waals surface area contributed by atoms with Gasteiger partial charge in [0.1, 0.15) is 0 Å². The second kappa shape index (κ2) is 5.82. The van der Waals surface area contributed by atoms with Gasteiger partial charge < -0.3 is 10.6 Å². The second-order valence-electron chi connectivity index (χ2n) is 4.53. The Labute approximate surface area is 103 Å². The van der Waals surface area contributed by atoms with Gasteiger partial charge in [-0.25, -0.2) is 0 Å². The molecule has 0 bridgehead atoms. The number of hydrogen-bond acceptors (Lipinski definition) is 2. The maximum atomic E-state index is 11.8. The van der Waals surface area contributed by atoms with E-state index in [4.69, 9.17) is 0 Å². The summed E-state index contributed by atoms with van der Waals surface area (Å²) in [6.45, 7) is 3.57. The monoisotopic (exact) mass is 232 g/mol. The van der Waals surface area contributed by atoms with Gasteiger partial charge in [0.2, 0.25) is 5.91 Å². The molecule has 1 aliphatic heterocycles. The van der Waals surface area contributed by atoms with Crippen LogP contribution >= 0.6 is 0 Å². The first-order valence-electron chi connectivity index (χ1n) is 6.37. The highest BCUT2D eigenvalue weighted by Gasteiger charge is 2.26. The number of benzene rings is 1. The van der Waals surface area contributed by atoms with Crippen molar-refractivity contribution in [3.63, 3.8) is 0 Å². The summed E-state index contributed by atoms with van der Waals surface area (Å²) < 4.78 is 0. The van der Waals surface area contributed by atoms with E-state index in [0.717, 1.165) is 19.4 Å². The molecule has 2 unspecified atom stereocenters. The van der Waals surface area contributed by atoms with Crippen LogP contribution in [-0.4, -0.2) is 25.0 Å². The average Bonchev–Trinajstić information content (AvgIpc) is 2.40. The minimum atomic E-state index is -0.0334. The van der Waals surface area contributed by atoms with E-state index in [0.29, 0.717) is 12.5 Å². The first kappa shape index (κ1) is 12.1. The van der Waals surface area contributed by atoms with Gasteiger partial charge in [0.15, 0.2) is 0 Å². The van der Waals surface area contributed by atoms with Gasteiger partial charge in [-0.2, -0.15) is 0 Å². The Morgan fingerprint density at radius 2 is 2.18 bits per heavy atom. The minimum absolute atomic E-state index is 0.0334. The number of carbonyl (C=O) groups is 1. The van der Waals surface area contributed by atoms with Gasteiger partial charge in [0, 0.05) is 6.54 Å². The molecule has 17 heavy (non-hydrogen) atoms. The Balaban J connectivity index is 2.00. The molecule has 2 rings (SSSR count). The Bertz CT molecular complexity index is 364. The van der Waals surface area contributed by atoms with Crippen molar-refractivity contribution in [3.05, 3.63) is 35.9 Å². The standard InChI is InChI=1S/C14H20N2O/c1-2-15-14(17)13-10-12(8-9-16-13)11-6-4-3-5-7-11/h3-7,12-13,16H,2,8-10H2,1H3,(H,15,17). The maximum absolute atomic E-state index is 11.8. The van der Waals surface area contributed by atoms with Gasteiger partial charge in [0.05, 0.1) is 6.04 Å². The summed E-state index contributed by atoms with van der Waals surface area (Å²) >= 11 is 0. The molecule has 2 atom stereocenters. The molecule has 1 aromatic carbocycles. The Kier molecular flexibility index (Phi) is 4.15. The van der Waals surface area contributed by atoms with Crippen LogP contribution in [0.3, 0.4) is 0 Å². The highest BCUT2D eigenvalue weighted by atomic mass is 16.2. The highest BCUT2D eigenvalue weighted by Crippen LogP contribution is 2.27. The summed E-state index contributed by atoms with van der Waals surface area (Å²) in [5.41, 5.74) is 1.35. The third kappa shape index (κ3) is 3.07. The van der Waals surface area contributed by atoms with Crippen LogP contribution in [0.15, 0.2) is 30.3 Å². The van der Waals surface area contributed by atoms with E-state index in [2.05, 4.69) is 34.9 Å². The predicted octanol–water partition coefficient (Wildman–Crippen LogP) is 1.66. The van der Waals surface area contributed by atoms with E-state index < -0.39 is 0 Å². The summed E-state index contributed by atoms with van der Waals surface area (Å²) in [6, 6.07) is 10.5. The molecule has 0 spiro atoms. The van der Waals surface area contributed by atoms with Crippen LogP contribution in [0.1, 0.15) is 31.2 Å². The first-order valence-corrected chi connectivity index (χ1v) is 6.37. The third-order valence-electron chi connectivity index (χ3n) is 3.34. The van der Waals surface area contributed by atoms with Crippen LogP contribution in [0.25, 0.3) is 0 Å². The quantitative estimate of drug-likeness (QED) is 0.832. The van der Waals surface area contributed by atoms with E-state index in [1.807, 2.05) is 13.0 Å². The van der Waals surface area contributed by atoms with Gasteiger partial charge in [-0.05, 0) is 37.8 Å². The lowest BCUT2D eigenvalue weighted by Crippen LogP contribution is -2.48. The van der Waals surface area contributed by atoms with E-state index in [9.17, 15) is 4.79 Å². The van der Waals surface area contributed by atoms with Crippen molar-refractivity contribution >= 4 is 5.91 Å². The van der Waals surface area contributed by atoms with Gasteiger partial charge >= 0.3 is 0 Å². The van der Waals surface area contributed by atoms with Crippen molar-refractivity contribution in [2.75, 3.05) is 13.1 Å². The number of rotatable bonds is 3. The van der Waals surface area contributed by atoms with Crippen molar-refractivity contribution in [1.82, 2.24) is 10.6 Å². The molecule has 0 radical (unpaired) electrons. The molecular weight excluding hydrogens is 212 g/mol. The third-order valence-corrected chi connectivity index (χ3v) is 3.34. The molecule has 92 valence electrons. The summed E-state index contributed by atoms with van der Waals surface area (Å²) in [7, 11) is 0. The molecule has 3 nitrogen and oxygen atoms in total. The van der Waals surface area contributed by atoms with Crippen LogP contribution in [0.5, 0.6) is 0 Å². The number of piperidine rings is 1. The highest BCUT2D eigenvalue weighted by molar-refractivity contribution is 5.81. The maximum Gasteiger partial charge on any atom is 0.237 e. The van der Waals surface area contributed by atoms with Crippen LogP contribution in [0.4, 0.5) is 0 Å². The normalized spacial score (nSPS) is 24.3. The number of likely N-dealkylation sites (N-methyl/N-ethyl adjacent to an activating group) is 1. The fourth-order valence-corrected chi connectivity index (χ4v) is 2.44. The number of carbonyl (C=O) groups excluding carboxylic acids is 1. The Hall–Kier alpha value is -1.35. The summed E-state index contributed by atoms with van der Waals surface area (Å²) in [5.74, 6) is 0.637. The number of hydrogen-bond donors (Lipinski definition) is 2. The molecule has 1 heterocycles. The molecule has 1 saturated heterocycles. The van der Waals surface area contributed by atoms with Crippen molar-refractivity contribution in [1.29, 1.82) is 0 Å². The van der Waals surface area contributed by atoms with E-state index in [1.54, 1.807) is 0 Å². The lowest BCUT2D eigenvalue weighted by Gasteiger charge is -2.29. The molecule has 1 aromatic rings. The second-order valence-corrected chi connectivity index (χ2v) is 4.53. The van der Waals surface area contributed by atoms with Crippen LogP contribution < -0.4 is 10.6 Å². The smallest absolute Gasteiger partial charge is 0.237 e. The minimum Gasteiger partial charge on any atom is -0.355 e. The average molecular weight is 232 g/mol. The molecule has 1 fully saturated rings. The zero-order valence-corrected chi connectivity index (χ0v) is 10.3. The van der Waals surface area contributed by atoms with Crippen LogP contribution in [0, 0.1) is 0 Å². The summed E-state index contributed by atoms with van der Waals surface area (Å²) in [4.78, 5) is 11.8. The van der Waals surface area contributed by atoms with Crippen LogP contribution in [0.2, 0.25) is 0 Å². The molecule has 1 aliphatic rings. The zero-order chi connectivity index (χ0) is 12.1. The zero-order valence-electron chi connectivity index (χ0n) is 10.3. The summed E-state index contributed by atoms with van der Waals surface area (Å²) in [6.07, 6.45) is 2.01. The van der Waals surface area contributed by atoms with Gasteiger partial charge in [-0.1, -0.05) is 30.3 Å². The van der Waals surface area contributed by atoms with E-state index >= 15 is 0 Å². The molecular formula is C14H20N2O. The van der Waals surface area contributed by atoms with Crippen molar-refractivity contribution < 1.29 is 4.79 Å². The van der Waals surface area contributed by atoms with Gasteiger partial charge in [-0.15, -0.1) is 0 Å². The number of amides is 1. The topological polar surface area (TPSA) is 41.1 Å². The largest absolute Gasteiger partial charge is 0.355 e. The van der Waals surface area contributed by atoms with Crippen LogP contribution in [-0.2, 0) is 4.79 Å². The fraction of sp³-hybridized carbons (Fsp3) is 0.500. The molecule has 1 amide bonds. The predicted molar refractivity (Wildman–Crippen MR) is 68.9 cm³/mol. The van der Waals surface area contributed by atoms with Gasteiger partial charge in [0.25, 0.3) is 0 Å². The van der Waals surface area contributed by atoms with Crippen molar-refractivity contribution in [2.24, 2.45) is 0 Å². The summed E-state index contributed by atoms with van der Waals surface area (Å²) in [5, 5.41) is 6.18. The number of nitrogens with one attached hydrogen (secondary N) is 2. The SMILES string of the molecule is CCNC(=O)C1CC(c2ccccc2)CCN1. The Morgan fingerprint density at radius 3 is 2.88 bits per heavy atom. The van der Waals surface area contributed by atoms with E-state index in [-0.39, 0.29) is 11.9 Å². The Morgan fingerprint density at radius 1 is 1.41 bits per heavy atom. The van der Waals surface area contributed by atoms with Crippen molar-refractivity contribution in [2.45, 2.75) is 31.7 Å². The van der Waals surface area contributed by atoms with Gasteiger partial charge in [-0.3, -0.25) is 4.79 Å². The first-order chi connectivity index (χ1) is 8.31. The van der Waals surface area contributed by atoms with E-state index in [1.165, 1.54) is 5.56 Å². The lowest BCUT2D eigenvalue weighted by molar-refractivity contribution is -0.123. The molecule has 0 aromatic heterocycles. The lowest BCUT2D eigenvalue weighted by atomic mass is 9.86. The molecule has 2 N–H and O–H groups in total. The van der Waals surface area contributed by atoms with Crippen molar-refractivity contribution in [3.8, 4) is 0 Å². The molecule has 0 saturated carbocycles. The fourth-order valence-electron chi connectivity index (χ4n) is 2.44. The molecule has 0 aliphatic carbocycles.